The third kappa shape index (κ3) is 3.72. The van der Waals surface area contributed by atoms with E-state index in [4.69, 9.17) is 16.3 Å². The van der Waals surface area contributed by atoms with Gasteiger partial charge in [-0.05, 0) is 36.2 Å². The number of nitrogens with one attached hydrogen (secondary N) is 1. The molecule has 0 aromatic heterocycles. The van der Waals surface area contributed by atoms with E-state index in [-0.39, 0.29) is 6.04 Å². The van der Waals surface area contributed by atoms with Crippen molar-refractivity contribution < 1.29 is 4.74 Å². The highest BCUT2D eigenvalue weighted by molar-refractivity contribution is 6.31. The number of methoxy groups -OCH3 is 1. The van der Waals surface area contributed by atoms with Crippen molar-refractivity contribution in [2.24, 2.45) is 0 Å². The molecule has 3 heteroatoms. The third-order valence-electron chi connectivity index (χ3n) is 2.99. The SMILES string of the molecule is COCc1cccc(NC(C)c2ccccc2Cl)c1. The van der Waals surface area contributed by atoms with Crippen LogP contribution < -0.4 is 5.32 Å². The molecule has 0 spiro atoms. The second-order valence-electron chi connectivity index (χ2n) is 4.52. The zero-order chi connectivity index (χ0) is 13.7. The summed E-state index contributed by atoms with van der Waals surface area (Å²) in [6.45, 7) is 2.72. The Balaban J connectivity index is 2.12. The lowest BCUT2D eigenvalue weighted by molar-refractivity contribution is 0.185. The van der Waals surface area contributed by atoms with Crippen molar-refractivity contribution in [2.75, 3.05) is 12.4 Å². The van der Waals surface area contributed by atoms with Crippen molar-refractivity contribution in [3.63, 3.8) is 0 Å². The van der Waals surface area contributed by atoms with E-state index >= 15 is 0 Å². The number of halogens is 1. The van der Waals surface area contributed by atoms with E-state index in [1.54, 1.807) is 7.11 Å². The summed E-state index contributed by atoms with van der Waals surface area (Å²) < 4.78 is 5.14. The van der Waals surface area contributed by atoms with Gasteiger partial charge in [0.25, 0.3) is 0 Å². The van der Waals surface area contributed by atoms with Crippen LogP contribution in [0.15, 0.2) is 48.5 Å². The van der Waals surface area contributed by atoms with Crippen molar-refractivity contribution >= 4 is 17.3 Å². The molecule has 0 heterocycles. The first-order valence-corrected chi connectivity index (χ1v) is 6.67. The highest BCUT2D eigenvalue weighted by Gasteiger charge is 2.08. The maximum Gasteiger partial charge on any atom is 0.0713 e. The summed E-state index contributed by atoms with van der Waals surface area (Å²) >= 11 is 6.21. The van der Waals surface area contributed by atoms with Crippen molar-refractivity contribution in [3.8, 4) is 0 Å². The molecule has 0 saturated carbocycles. The van der Waals surface area contributed by atoms with E-state index < -0.39 is 0 Å². The van der Waals surface area contributed by atoms with Gasteiger partial charge in [-0.1, -0.05) is 41.9 Å². The van der Waals surface area contributed by atoms with E-state index in [0.717, 1.165) is 21.8 Å². The van der Waals surface area contributed by atoms with Gasteiger partial charge >= 0.3 is 0 Å². The molecule has 2 aromatic carbocycles. The van der Waals surface area contributed by atoms with Gasteiger partial charge in [0.15, 0.2) is 0 Å². The zero-order valence-electron chi connectivity index (χ0n) is 11.2. The Hall–Kier alpha value is -1.51. The van der Waals surface area contributed by atoms with Gasteiger partial charge in [0.05, 0.1) is 6.61 Å². The number of benzene rings is 2. The summed E-state index contributed by atoms with van der Waals surface area (Å²) in [6, 6.07) is 16.3. The third-order valence-corrected chi connectivity index (χ3v) is 3.34. The summed E-state index contributed by atoms with van der Waals surface area (Å²) in [7, 11) is 1.70. The van der Waals surface area contributed by atoms with Crippen LogP contribution in [0.3, 0.4) is 0 Å². The normalized spacial score (nSPS) is 12.2. The average molecular weight is 276 g/mol. The number of ether oxygens (including phenoxy) is 1. The second-order valence-corrected chi connectivity index (χ2v) is 4.93. The maximum atomic E-state index is 6.21. The Bertz CT molecular complexity index is 542. The summed E-state index contributed by atoms with van der Waals surface area (Å²) in [5, 5.41) is 4.25. The van der Waals surface area contributed by atoms with Gasteiger partial charge in [0.2, 0.25) is 0 Å². The quantitative estimate of drug-likeness (QED) is 0.857. The minimum absolute atomic E-state index is 0.159. The Kier molecular flexibility index (Phi) is 4.83. The molecule has 0 radical (unpaired) electrons. The van der Waals surface area contributed by atoms with Crippen LogP contribution in [0.5, 0.6) is 0 Å². The van der Waals surface area contributed by atoms with E-state index in [1.807, 2.05) is 36.4 Å². The molecule has 0 fully saturated rings. The molecule has 2 nitrogen and oxygen atoms in total. The molecule has 2 aromatic rings. The number of hydrogen-bond donors (Lipinski definition) is 1. The van der Waals surface area contributed by atoms with Crippen LogP contribution in [0.2, 0.25) is 5.02 Å². The highest BCUT2D eigenvalue weighted by atomic mass is 35.5. The van der Waals surface area contributed by atoms with Crippen LogP contribution >= 0.6 is 11.6 Å². The van der Waals surface area contributed by atoms with Gasteiger partial charge in [-0.3, -0.25) is 0 Å². The van der Waals surface area contributed by atoms with Gasteiger partial charge in [0, 0.05) is 23.9 Å². The lowest BCUT2D eigenvalue weighted by Crippen LogP contribution is -2.07. The Morgan fingerprint density at radius 1 is 1.16 bits per heavy atom. The molecule has 1 N–H and O–H groups in total. The molecule has 0 aliphatic carbocycles. The summed E-state index contributed by atoms with van der Waals surface area (Å²) in [6.07, 6.45) is 0. The topological polar surface area (TPSA) is 21.3 Å². The van der Waals surface area contributed by atoms with Gasteiger partial charge in [0.1, 0.15) is 0 Å². The number of hydrogen-bond acceptors (Lipinski definition) is 2. The van der Waals surface area contributed by atoms with Gasteiger partial charge in [-0.2, -0.15) is 0 Å². The van der Waals surface area contributed by atoms with Gasteiger partial charge < -0.3 is 10.1 Å². The molecule has 0 bridgehead atoms. The van der Waals surface area contributed by atoms with Crippen molar-refractivity contribution in [2.45, 2.75) is 19.6 Å². The minimum atomic E-state index is 0.159. The molecular weight excluding hydrogens is 258 g/mol. The molecule has 19 heavy (non-hydrogen) atoms. The molecule has 0 aliphatic rings. The molecule has 0 saturated heterocycles. The van der Waals surface area contributed by atoms with Crippen LogP contribution in [-0.2, 0) is 11.3 Å². The predicted octanol–water partition coefficient (Wildman–Crippen LogP) is 4.66. The molecule has 1 atom stereocenters. The van der Waals surface area contributed by atoms with E-state index in [1.165, 1.54) is 0 Å². The molecule has 2 rings (SSSR count). The van der Waals surface area contributed by atoms with Crippen LogP contribution in [0.1, 0.15) is 24.1 Å². The minimum Gasteiger partial charge on any atom is -0.380 e. The first-order valence-electron chi connectivity index (χ1n) is 6.29. The Morgan fingerprint density at radius 2 is 1.95 bits per heavy atom. The molecule has 1 unspecified atom stereocenters. The van der Waals surface area contributed by atoms with Crippen LogP contribution in [0.25, 0.3) is 0 Å². The van der Waals surface area contributed by atoms with Crippen LogP contribution in [-0.4, -0.2) is 7.11 Å². The Labute approximate surface area is 119 Å². The number of anilines is 1. The van der Waals surface area contributed by atoms with Crippen molar-refractivity contribution in [1.29, 1.82) is 0 Å². The van der Waals surface area contributed by atoms with Gasteiger partial charge in [-0.25, -0.2) is 0 Å². The molecule has 0 aliphatic heterocycles. The lowest BCUT2D eigenvalue weighted by atomic mass is 10.1. The fourth-order valence-electron chi connectivity index (χ4n) is 2.07. The number of rotatable bonds is 5. The predicted molar refractivity (Wildman–Crippen MR) is 80.6 cm³/mol. The summed E-state index contributed by atoms with van der Waals surface area (Å²) in [5.41, 5.74) is 3.32. The second kappa shape index (κ2) is 6.60. The summed E-state index contributed by atoms with van der Waals surface area (Å²) in [4.78, 5) is 0. The molecule has 0 amide bonds. The molecular formula is C16H18ClNO. The fourth-order valence-corrected chi connectivity index (χ4v) is 2.37. The molecule has 100 valence electrons. The average Bonchev–Trinajstić information content (AvgIpc) is 2.40. The van der Waals surface area contributed by atoms with E-state index in [0.29, 0.717) is 6.61 Å². The first kappa shape index (κ1) is 13.9. The van der Waals surface area contributed by atoms with E-state index in [9.17, 15) is 0 Å². The maximum absolute atomic E-state index is 6.21. The smallest absolute Gasteiger partial charge is 0.0713 e. The van der Waals surface area contributed by atoms with Crippen LogP contribution in [0, 0.1) is 0 Å². The highest BCUT2D eigenvalue weighted by Crippen LogP contribution is 2.25. The Morgan fingerprint density at radius 3 is 2.68 bits per heavy atom. The first-order chi connectivity index (χ1) is 9.20. The van der Waals surface area contributed by atoms with Crippen molar-refractivity contribution in [1.82, 2.24) is 0 Å². The van der Waals surface area contributed by atoms with Crippen molar-refractivity contribution in [3.05, 3.63) is 64.7 Å². The largest absolute Gasteiger partial charge is 0.380 e. The lowest BCUT2D eigenvalue weighted by Gasteiger charge is -2.17. The summed E-state index contributed by atoms with van der Waals surface area (Å²) in [5.74, 6) is 0. The standard InChI is InChI=1S/C16H18ClNO/c1-12(15-8-3-4-9-16(15)17)18-14-7-5-6-13(10-14)11-19-2/h3-10,12,18H,11H2,1-2H3. The fraction of sp³-hybridized carbons (Fsp3) is 0.250. The van der Waals surface area contributed by atoms with Crippen LogP contribution in [0.4, 0.5) is 5.69 Å². The van der Waals surface area contributed by atoms with E-state index in [2.05, 4.69) is 24.4 Å². The zero-order valence-corrected chi connectivity index (χ0v) is 11.9. The van der Waals surface area contributed by atoms with Gasteiger partial charge in [-0.15, -0.1) is 0 Å². The monoisotopic (exact) mass is 275 g/mol.